The number of H-pyrrole nitrogens is 1. The summed E-state index contributed by atoms with van der Waals surface area (Å²) >= 11 is 0. The molecule has 1 aromatic heterocycles. The molecule has 1 fully saturated rings. The number of piperidine rings is 1. The van der Waals surface area contributed by atoms with Crippen LogP contribution in [0, 0.1) is 5.92 Å². The van der Waals surface area contributed by atoms with Gasteiger partial charge in [0.15, 0.2) is 0 Å². The van der Waals surface area contributed by atoms with E-state index >= 15 is 0 Å². The number of anilines is 1. The molecule has 0 bridgehead atoms. The quantitative estimate of drug-likeness (QED) is 0.712. The van der Waals surface area contributed by atoms with Gasteiger partial charge < -0.3 is 10.6 Å². The van der Waals surface area contributed by atoms with E-state index in [2.05, 4.69) is 20.8 Å². The lowest BCUT2D eigenvalue weighted by Crippen LogP contribution is -2.37. The number of carbonyl (C=O) groups is 1. The Balaban J connectivity index is 1.95. The number of hydrogen-bond donors (Lipinski definition) is 3. The highest BCUT2D eigenvalue weighted by molar-refractivity contribution is 5.92. The predicted molar refractivity (Wildman–Crippen MR) is 62.2 cm³/mol. The molecule has 3 N–H and O–H groups in total. The largest absolute Gasteiger partial charge is 0.316 e. The summed E-state index contributed by atoms with van der Waals surface area (Å²) in [6, 6.07) is 0. The number of carbonyl (C=O) groups excluding carboxylic acids is 1. The molecule has 1 amide bonds. The van der Waals surface area contributed by atoms with Crippen molar-refractivity contribution in [2.24, 2.45) is 5.92 Å². The van der Waals surface area contributed by atoms with Crippen LogP contribution in [0.2, 0.25) is 0 Å². The molecule has 2 heterocycles. The Kier molecular flexibility index (Phi) is 3.56. The van der Waals surface area contributed by atoms with Gasteiger partial charge in [0.2, 0.25) is 5.91 Å². The highest BCUT2D eigenvalue weighted by atomic mass is 16.2. The van der Waals surface area contributed by atoms with Crippen molar-refractivity contribution in [3.63, 3.8) is 0 Å². The maximum absolute atomic E-state index is 11.9. The van der Waals surface area contributed by atoms with Crippen LogP contribution in [0.25, 0.3) is 0 Å². The topological polar surface area (TPSA) is 69.8 Å². The van der Waals surface area contributed by atoms with E-state index in [0.29, 0.717) is 0 Å². The fourth-order valence-corrected chi connectivity index (χ4v) is 1.99. The van der Waals surface area contributed by atoms with Gasteiger partial charge in [-0.3, -0.25) is 9.89 Å². The average Bonchev–Trinajstić information content (AvgIpc) is 2.77. The number of nitrogens with one attached hydrogen (secondary N) is 3. The number of aromatic amines is 1. The summed E-state index contributed by atoms with van der Waals surface area (Å²) in [5.74, 6) is 0.922. The molecule has 1 aromatic rings. The molecule has 2 rings (SSSR count). The zero-order valence-corrected chi connectivity index (χ0v) is 9.55. The number of amides is 1. The molecule has 0 aromatic carbocycles. The van der Waals surface area contributed by atoms with Gasteiger partial charge in [0, 0.05) is 12.1 Å². The lowest BCUT2D eigenvalue weighted by molar-refractivity contribution is -0.120. The van der Waals surface area contributed by atoms with Crippen LogP contribution in [0.5, 0.6) is 0 Å². The zero-order valence-electron chi connectivity index (χ0n) is 9.55. The first-order valence-corrected chi connectivity index (χ1v) is 5.85. The van der Waals surface area contributed by atoms with E-state index in [-0.39, 0.29) is 11.8 Å². The number of nitrogens with zero attached hydrogens (tertiary/aromatic N) is 1. The van der Waals surface area contributed by atoms with E-state index < -0.39 is 0 Å². The van der Waals surface area contributed by atoms with Gasteiger partial charge in [-0.25, -0.2) is 0 Å². The second-order valence-electron chi connectivity index (χ2n) is 4.16. The standard InChI is InChI=1S/C11H18N4O/c1-2-8-7-13-15-10(8)14-11(16)9-4-3-5-12-6-9/h7,9,12H,2-6H2,1H3,(H2,13,14,15,16)/t9-/m1/s1. The van der Waals surface area contributed by atoms with Crippen LogP contribution in [0.4, 0.5) is 5.82 Å². The molecule has 88 valence electrons. The van der Waals surface area contributed by atoms with Crippen LogP contribution in [-0.2, 0) is 11.2 Å². The minimum absolute atomic E-state index is 0.0850. The summed E-state index contributed by atoms with van der Waals surface area (Å²) in [6.07, 6.45) is 4.67. The third-order valence-corrected chi connectivity index (χ3v) is 3.01. The minimum atomic E-state index is 0.0850. The van der Waals surface area contributed by atoms with Gasteiger partial charge in [-0.2, -0.15) is 5.10 Å². The second kappa shape index (κ2) is 5.12. The fraction of sp³-hybridized carbons (Fsp3) is 0.636. The molecule has 0 unspecified atom stereocenters. The lowest BCUT2D eigenvalue weighted by atomic mass is 9.99. The highest BCUT2D eigenvalue weighted by Gasteiger charge is 2.21. The Morgan fingerprint density at radius 2 is 2.56 bits per heavy atom. The molecule has 1 aliphatic heterocycles. The van der Waals surface area contributed by atoms with E-state index in [0.717, 1.165) is 43.7 Å². The maximum Gasteiger partial charge on any atom is 0.229 e. The Morgan fingerprint density at radius 3 is 3.25 bits per heavy atom. The van der Waals surface area contributed by atoms with Crippen LogP contribution in [0.15, 0.2) is 6.20 Å². The first-order chi connectivity index (χ1) is 7.81. The van der Waals surface area contributed by atoms with Crippen molar-refractivity contribution in [1.29, 1.82) is 0 Å². The third-order valence-electron chi connectivity index (χ3n) is 3.01. The maximum atomic E-state index is 11.9. The van der Waals surface area contributed by atoms with Crippen molar-refractivity contribution < 1.29 is 4.79 Å². The van der Waals surface area contributed by atoms with E-state index in [1.165, 1.54) is 0 Å². The van der Waals surface area contributed by atoms with Gasteiger partial charge in [0.25, 0.3) is 0 Å². The van der Waals surface area contributed by atoms with Crippen molar-refractivity contribution in [3.05, 3.63) is 11.8 Å². The van der Waals surface area contributed by atoms with E-state index in [4.69, 9.17) is 0 Å². The molecule has 0 saturated carbocycles. The van der Waals surface area contributed by atoms with Gasteiger partial charge in [0.05, 0.1) is 12.1 Å². The van der Waals surface area contributed by atoms with Crippen molar-refractivity contribution in [3.8, 4) is 0 Å². The molecule has 5 nitrogen and oxygen atoms in total. The molecule has 16 heavy (non-hydrogen) atoms. The summed E-state index contributed by atoms with van der Waals surface area (Å²) in [4.78, 5) is 11.9. The Labute approximate surface area is 95.0 Å². The van der Waals surface area contributed by atoms with Crippen LogP contribution in [0.3, 0.4) is 0 Å². The Hall–Kier alpha value is -1.36. The summed E-state index contributed by atoms with van der Waals surface area (Å²) in [5.41, 5.74) is 1.05. The molecule has 0 radical (unpaired) electrons. The first-order valence-electron chi connectivity index (χ1n) is 5.85. The first kappa shape index (κ1) is 11.1. The van der Waals surface area contributed by atoms with Crippen LogP contribution in [-0.4, -0.2) is 29.2 Å². The number of rotatable bonds is 3. The van der Waals surface area contributed by atoms with Crippen molar-refractivity contribution in [1.82, 2.24) is 15.5 Å². The van der Waals surface area contributed by atoms with Crippen molar-refractivity contribution >= 4 is 11.7 Å². The second-order valence-corrected chi connectivity index (χ2v) is 4.16. The van der Waals surface area contributed by atoms with Crippen LogP contribution < -0.4 is 10.6 Å². The fourth-order valence-electron chi connectivity index (χ4n) is 1.99. The molecule has 1 saturated heterocycles. The SMILES string of the molecule is CCc1cn[nH]c1NC(=O)[C@@H]1CCCNC1. The molecular weight excluding hydrogens is 204 g/mol. The van der Waals surface area contributed by atoms with E-state index in [9.17, 15) is 4.79 Å². The molecule has 1 atom stereocenters. The molecular formula is C11H18N4O. The molecule has 5 heteroatoms. The lowest BCUT2D eigenvalue weighted by Gasteiger charge is -2.21. The zero-order chi connectivity index (χ0) is 11.4. The van der Waals surface area contributed by atoms with Crippen LogP contribution in [0.1, 0.15) is 25.3 Å². The van der Waals surface area contributed by atoms with Crippen LogP contribution >= 0.6 is 0 Å². The number of aromatic nitrogens is 2. The Bertz CT molecular complexity index is 355. The molecule has 1 aliphatic rings. The third kappa shape index (κ3) is 2.41. The minimum Gasteiger partial charge on any atom is -0.316 e. The van der Waals surface area contributed by atoms with Gasteiger partial charge in [-0.15, -0.1) is 0 Å². The van der Waals surface area contributed by atoms with E-state index in [1.807, 2.05) is 6.92 Å². The molecule has 0 aliphatic carbocycles. The van der Waals surface area contributed by atoms with Gasteiger partial charge in [-0.1, -0.05) is 6.92 Å². The van der Waals surface area contributed by atoms with Gasteiger partial charge >= 0.3 is 0 Å². The predicted octanol–water partition coefficient (Wildman–Crippen LogP) is 0.910. The summed E-state index contributed by atoms with van der Waals surface area (Å²) in [6.45, 7) is 3.85. The van der Waals surface area contributed by atoms with Crippen molar-refractivity contribution in [2.45, 2.75) is 26.2 Å². The highest BCUT2D eigenvalue weighted by Crippen LogP contribution is 2.15. The average molecular weight is 222 g/mol. The summed E-state index contributed by atoms with van der Waals surface area (Å²) < 4.78 is 0. The summed E-state index contributed by atoms with van der Waals surface area (Å²) in [5, 5.41) is 12.9. The molecule has 0 spiro atoms. The number of hydrogen-bond acceptors (Lipinski definition) is 3. The van der Waals surface area contributed by atoms with Gasteiger partial charge in [0.1, 0.15) is 5.82 Å². The monoisotopic (exact) mass is 222 g/mol. The van der Waals surface area contributed by atoms with Gasteiger partial charge in [-0.05, 0) is 25.8 Å². The smallest absolute Gasteiger partial charge is 0.229 e. The van der Waals surface area contributed by atoms with Crippen molar-refractivity contribution in [2.75, 3.05) is 18.4 Å². The summed E-state index contributed by atoms with van der Waals surface area (Å²) in [7, 11) is 0. The number of aryl methyl sites for hydroxylation is 1. The Morgan fingerprint density at radius 1 is 1.69 bits per heavy atom. The van der Waals surface area contributed by atoms with E-state index in [1.54, 1.807) is 6.20 Å². The normalized spacial score (nSPS) is 20.7.